The summed E-state index contributed by atoms with van der Waals surface area (Å²) in [7, 11) is 0. The van der Waals surface area contributed by atoms with Crippen molar-refractivity contribution in [3.8, 4) is 0 Å². The van der Waals surface area contributed by atoms with Gasteiger partial charge in [-0.25, -0.2) is 4.79 Å². The number of nitrogens with zero attached hydrogens (tertiary/aromatic N) is 1. The first-order chi connectivity index (χ1) is 9.25. The van der Waals surface area contributed by atoms with E-state index in [0.717, 1.165) is 43.7 Å². The summed E-state index contributed by atoms with van der Waals surface area (Å²) in [4.78, 5) is 13.7. The van der Waals surface area contributed by atoms with E-state index in [1.54, 1.807) is 6.07 Å². The SMILES string of the molecule is O=C(O)c1cc2c(cc1N1CCCCC1)CC=CN2. The molecule has 2 aliphatic rings. The molecule has 0 spiro atoms. The van der Waals surface area contributed by atoms with Crippen LogP contribution in [0.15, 0.2) is 24.4 Å². The van der Waals surface area contributed by atoms with Gasteiger partial charge in [-0.3, -0.25) is 0 Å². The van der Waals surface area contributed by atoms with Crippen molar-refractivity contribution in [2.75, 3.05) is 23.3 Å². The maximum Gasteiger partial charge on any atom is 0.337 e. The third kappa shape index (κ3) is 2.30. The number of piperidine rings is 1. The third-order valence-electron chi connectivity index (χ3n) is 3.84. The van der Waals surface area contributed by atoms with E-state index in [0.29, 0.717) is 5.56 Å². The van der Waals surface area contributed by atoms with E-state index in [9.17, 15) is 9.90 Å². The molecule has 0 bridgehead atoms. The molecule has 19 heavy (non-hydrogen) atoms. The molecule has 1 aromatic carbocycles. The number of anilines is 2. The normalized spacial score (nSPS) is 17.8. The van der Waals surface area contributed by atoms with Crippen LogP contribution in [0, 0.1) is 0 Å². The molecule has 0 aliphatic carbocycles. The second-order valence-electron chi connectivity index (χ2n) is 5.13. The Morgan fingerprint density at radius 2 is 2.00 bits per heavy atom. The van der Waals surface area contributed by atoms with Crippen LogP contribution in [0.3, 0.4) is 0 Å². The number of aromatic carboxylic acids is 1. The minimum Gasteiger partial charge on any atom is -0.478 e. The number of carbonyl (C=O) groups is 1. The van der Waals surface area contributed by atoms with Gasteiger partial charge < -0.3 is 15.3 Å². The van der Waals surface area contributed by atoms with Crippen LogP contribution in [0.2, 0.25) is 0 Å². The van der Waals surface area contributed by atoms with Gasteiger partial charge in [0.2, 0.25) is 0 Å². The highest BCUT2D eigenvalue weighted by Crippen LogP contribution is 2.32. The van der Waals surface area contributed by atoms with Gasteiger partial charge in [0.15, 0.2) is 0 Å². The van der Waals surface area contributed by atoms with Gasteiger partial charge in [-0.15, -0.1) is 0 Å². The van der Waals surface area contributed by atoms with E-state index >= 15 is 0 Å². The van der Waals surface area contributed by atoms with Crippen molar-refractivity contribution in [2.45, 2.75) is 25.7 Å². The van der Waals surface area contributed by atoms with Crippen molar-refractivity contribution < 1.29 is 9.90 Å². The van der Waals surface area contributed by atoms with Crippen LogP contribution in [0.25, 0.3) is 0 Å². The van der Waals surface area contributed by atoms with Crippen molar-refractivity contribution in [3.63, 3.8) is 0 Å². The smallest absolute Gasteiger partial charge is 0.337 e. The molecule has 2 heterocycles. The molecule has 4 nitrogen and oxygen atoms in total. The van der Waals surface area contributed by atoms with Gasteiger partial charge in [-0.2, -0.15) is 0 Å². The number of allylic oxidation sites excluding steroid dienone is 1. The Hall–Kier alpha value is -1.97. The van der Waals surface area contributed by atoms with E-state index < -0.39 is 5.97 Å². The van der Waals surface area contributed by atoms with Gasteiger partial charge in [0.05, 0.1) is 11.3 Å². The first kappa shape index (κ1) is 12.1. The zero-order chi connectivity index (χ0) is 13.2. The third-order valence-corrected chi connectivity index (χ3v) is 3.84. The highest BCUT2D eigenvalue weighted by Gasteiger charge is 2.21. The molecule has 2 N–H and O–H groups in total. The van der Waals surface area contributed by atoms with E-state index in [1.807, 2.05) is 12.3 Å². The van der Waals surface area contributed by atoms with Crippen molar-refractivity contribution in [2.24, 2.45) is 0 Å². The highest BCUT2D eigenvalue weighted by molar-refractivity contribution is 5.96. The molecule has 0 unspecified atom stereocenters. The van der Waals surface area contributed by atoms with E-state index in [-0.39, 0.29) is 0 Å². The lowest BCUT2D eigenvalue weighted by atomic mass is 10.00. The number of fused-ring (bicyclic) bond motifs is 1. The summed E-state index contributed by atoms with van der Waals surface area (Å²) in [5.41, 5.74) is 3.38. The molecule has 100 valence electrons. The van der Waals surface area contributed by atoms with Gasteiger partial charge in [-0.1, -0.05) is 6.08 Å². The first-order valence-corrected chi connectivity index (χ1v) is 6.82. The molecular formula is C15H18N2O2. The fourth-order valence-corrected chi connectivity index (χ4v) is 2.84. The van der Waals surface area contributed by atoms with E-state index in [2.05, 4.69) is 16.3 Å². The number of carboxylic acid groups (broad SMARTS) is 1. The van der Waals surface area contributed by atoms with E-state index in [4.69, 9.17) is 0 Å². The lowest BCUT2D eigenvalue weighted by Crippen LogP contribution is -2.31. The topological polar surface area (TPSA) is 52.6 Å². The maximum absolute atomic E-state index is 11.5. The van der Waals surface area contributed by atoms with Crippen molar-refractivity contribution in [3.05, 3.63) is 35.5 Å². The highest BCUT2D eigenvalue weighted by atomic mass is 16.4. The molecule has 0 atom stereocenters. The molecule has 0 saturated carbocycles. The lowest BCUT2D eigenvalue weighted by Gasteiger charge is -2.31. The van der Waals surface area contributed by atoms with Gasteiger partial charge in [0.25, 0.3) is 0 Å². The Labute approximate surface area is 112 Å². The summed E-state index contributed by atoms with van der Waals surface area (Å²) < 4.78 is 0. The van der Waals surface area contributed by atoms with Crippen LogP contribution in [-0.4, -0.2) is 24.2 Å². The molecular weight excluding hydrogens is 240 g/mol. The van der Waals surface area contributed by atoms with Gasteiger partial charge in [0.1, 0.15) is 0 Å². The summed E-state index contributed by atoms with van der Waals surface area (Å²) in [6.45, 7) is 1.92. The maximum atomic E-state index is 11.5. The molecule has 0 aromatic heterocycles. The van der Waals surface area contributed by atoms with Crippen LogP contribution < -0.4 is 10.2 Å². The minimum atomic E-state index is -0.847. The van der Waals surface area contributed by atoms with Crippen molar-refractivity contribution in [1.82, 2.24) is 0 Å². The van der Waals surface area contributed by atoms with Crippen LogP contribution in [0.1, 0.15) is 35.2 Å². The second-order valence-corrected chi connectivity index (χ2v) is 5.13. The Kier molecular flexibility index (Phi) is 3.15. The number of hydrogen-bond donors (Lipinski definition) is 2. The molecule has 0 amide bonds. The first-order valence-electron chi connectivity index (χ1n) is 6.82. The molecule has 1 saturated heterocycles. The summed E-state index contributed by atoms with van der Waals surface area (Å²) >= 11 is 0. The number of rotatable bonds is 2. The molecule has 2 aliphatic heterocycles. The monoisotopic (exact) mass is 258 g/mol. The van der Waals surface area contributed by atoms with Crippen molar-refractivity contribution >= 4 is 17.3 Å². The fraction of sp³-hybridized carbons (Fsp3) is 0.400. The standard InChI is InChI=1S/C15H18N2O2/c18-15(19)12-10-13-11(5-4-6-16-13)9-14(12)17-7-2-1-3-8-17/h4,6,9-10,16H,1-3,5,7-8H2,(H,18,19). The zero-order valence-electron chi connectivity index (χ0n) is 10.9. The number of benzene rings is 1. The predicted octanol–water partition coefficient (Wildman–Crippen LogP) is 2.86. The molecule has 1 aromatic rings. The zero-order valence-corrected chi connectivity index (χ0v) is 10.9. The average Bonchev–Trinajstić information content (AvgIpc) is 2.46. The van der Waals surface area contributed by atoms with Crippen LogP contribution in [0.4, 0.5) is 11.4 Å². The predicted molar refractivity (Wildman–Crippen MR) is 75.9 cm³/mol. The average molecular weight is 258 g/mol. The quantitative estimate of drug-likeness (QED) is 0.856. The van der Waals surface area contributed by atoms with E-state index in [1.165, 1.54) is 12.0 Å². The number of nitrogens with one attached hydrogen (secondary N) is 1. The number of carboxylic acids is 1. The van der Waals surface area contributed by atoms with Gasteiger partial charge >= 0.3 is 5.97 Å². The lowest BCUT2D eigenvalue weighted by molar-refractivity contribution is 0.0697. The minimum absolute atomic E-state index is 0.406. The molecule has 3 rings (SSSR count). The Morgan fingerprint density at radius 1 is 1.21 bits per heavy atom. The summed E-state index contributed by atoms with van der Waals surface area (Å²) in [6.07, 6.45) is 8.33. The molecule has 1 fully saturated rings. The fourth-order valence-electron chi connectivity index (χ4n) is 2.84. The van der Waals surface area contributed by atoms with Crippen LogP contribution in [-0.2, 0) is 6.42 Å². The summed E-state index contributed by atoms with van der Waals surface area (Å²) in [6, 6.07) is 3.81. The largest absolute Gasteiger partial charge is 0.478 e. The summed E-state index contributed by atoms with van der Waals surface area (Å²) in [5, 5.41) is 12.6. The Morgan fingerprint density at radius 3 is 2.74 bits per heavy atom. The van der Waals surface area contributed by atoms with Gasteiger partial charge in [-0.05, 0) is 49.6 Å². The van der Waals surface area contributed by atoms with Crippen LogP contribution in [0.5, 0.6) is 0 Å². The van der Waals surface area contributed by atoms with Gasteiger partial charge in [0, 0.05) is 18.8 Å². The van der Waals surface area contributed by atoms with Crippen molar-refractivity contribution in [1.29, 1.82) is 0 Å². The molecule has 4 heteroatoms. The second kappa shape index (κ2) is 4.96. The van der Waals surface area contributed by atoms with Crippen LogP contribution >= 0.6 is 0 Å². The molecule has 0 radical (unpaired) electrons. The Bertz CT molecular complexity index is 531. The Balaban J connectivity index is 2.03. The summed E-state index contributed by atoms with van der Waals surface area (Å²) in [5.74, 6) is -0.847. The number of hydrogen-bond acceptors (Lipinski definition) is 3.